The summed E-state index contributed by atoms with van der Waals surface area (Å²) in [6.07, 6.45) is 0. The third-order valence-corrected chi connectivity index (χ3v) is 4.26. The van der Waals surface area contributed by atoms with Gasteiger partial charge in [-0.15, -0.1) is 0 Å². The molecule has 94 valence electrons. The van der Waals surface area contributed by atoms with Gasteiger partial charge in [-0.25, -0.2) is 0 Å². The zero-order valence-electron chi connectivity index (χ0n) is 9.69. The molecule has 0 radical (unpaired) electrons. The molecule has 0 saturated carbocycles. The van der Waals surface area contributed by atoms with Crippen LogP contribution >= 0.6 is 31.9 Å². The molecule has 3 rings (SSSR count). The van der Waals surface area contributed by atoms with Crippen molar-refractivity contribution in [2.45, 2.75) is 3.74 Å². The van der Waals surface area contributed by atoms with E-state index in [4.69, 9.17) is 0 Å². The first kappa shape index (κ1) is 12.8. The van der Waals surface area contributed by atoms with Crippen molar-refractivity contribution < 1.29 is 9.59 Å². The molecule has 0 amide bonds. The maximum absolute atomic E-state index is 12.4. The van der Waals surface area contributed by atoms with Gasteiger partial charge < -0.3 is 0 Å². The number of carbonyl (C=O) groups is 2. The Morgan fingerprint density at radius 2 is 1.26 bits per heavy atom. The number of fused-ring (bicyclic) bond motifs is 2. The fourth-order valence-corrected chi connectivity index (χ4v) is 2.82. The zero-order chi connectivity index (χ0) is 13.6. The molecule has 0 aliphatic heterocycles. The van der Waals surface area contributed by atoms with E-state index >= 15 is 0 Å². The quantitative estimate of drug-likeness (QED) is 0.592. The van der Waals surface area contributed by atoms with Gasteiger partial charge in [0.15, 0.2) is 11.6 Å². The third kappa shape index (κ3) is 1.99. The lowest BCUT2D eigenvalue weighted by molar-refractivity contribution is 0.0979. The Kier molecular flexibility index (Phi) is 3.15. The summed E-state index contributed by atoms with van der Waals surface area (Å²) in [7, 11) is 0. The van der Waals surface area contributed by atoms with Gasteiger partial charge in [0.2, 0.25) is 0 Å². The molecule has 2 aromatic rings. The van der Waals surface area contributed by atoms with E-state index in [2.05, 4.69) is 31.9 Å². The van der Waals surface area contributed by atoms with Gasteiger partial charge in [-0.05, 0) is 17.7 Å². The van der Waals surface area contributed by atoms with Gasteiger partial charge in [-0.3, -0.25) is 9.59 Å². The number of rotatable bonds is 1. The van der Waals surface area contributed by atoms with Crippen LogP contribution in [0.15, 0.2) is 42.5 Å². The Hall–Kier alpha value is -1.26. The Morgan fingerprint density at radius 3 is 1.84 bits per heavy atom. The van der Waals surface area contributed by atoms with E-state index in [1.807, 2.05) is 6.07 Å². The van der Waals surface area contributed by atoms with Gasteiger partial charge in [-0.1, -0.05) is 62.2 Å². The highest BCUT2D eigenvalue weighted by Gasteiger charge is 2.29. The molecule has 1 aliphatic carbocycles. The molecule has 0 saturated heterocycles. The minimum absolute atomic E-state index is 0.0367. The second kappa shape index (κ2) is 4.69. The lowest BCUT2D eigenvalue weighted by Crippen LogP contribution is -2.20. The summed E-state index contributed by atoms with van der Waals surface area (Å²) < 4.78 is -0.0367. The van der Waals surface area contributed by atoms with E-state index in [0.29, 0.717) is 22.3 Å². The zero-order valence-corrected chi connectivity index (χ0v) is 12.9. The smallest absolute Gasteiger partial charge is 0.194 e. The Bertz CT molecular complexity index is 705. The normalized spacial score (nSPS) is 13.4. The first-order valence-electron chi connectivity index (χ1n) is 5.70. The fraction of sp³-hybridized carbons (Fsp3) is 0.0667. The standard InChI is InChI=1S/C15H8Br2O2/c16-15(17)8-5-6-11-12(7-8)14(19)10-4-2-1-3-9(10)13(11)18/h1-7,15H. The number of ketones is 2. The van der Waals surface area contributed by atoms with Crippen molar-refractivity contribution in [3.63, 3.8) is 0 Å². The first-order valence-corrected chi connectivity index (χ1v) is 7.53. The average molecular weight is 380 g/mol. The molecular weight excluding hydrogens is 372 g/mol. The van der Waals surface area contributed by atoms with E-state index in [9.17, 15) is 9.59 Å². The summed E-state index contributed by atoms with van der Waals surface area (Å²) in [5, 5.41) is 0. The van der Waals surface area contributed by atoms with Crippen molar-refractivity contribution in [3.8, 4) is 0 Å². The van der Waals surface area contributed by atoms with Crippen LogP contribution in [0.1, 0.15) is 41.1 Å². The van der Waals surface area contributed by atoms with Crippen LogP contribution < -0.4 is 0 Å². The van der Waals surface area contributed by atoms with Crippen molar-refractivity contribution in [1.82, 2.24) is 0 Å². The van der Waals surface area contributed by atoms with Crippen LogP contribution in [-0.4, -0.2) is 11.6 Å². The summed E-state index contributed by atoms with van der Waals surface area (Å²) in [5.41, 5.74) is 2.84. The number of carbonyl (C=O) groups excluding carboxylic acids is 2. The molecule has 1 aliphatic rings. The third-order valence-electron chi connectivity index (χ3n) is 3.20. The highest BCUT2D eigenvalue weighted by Crippen LogP contribution is 2.33. The summed E-state index contributed by atoms with van der Waals surface area (Å²) in [5.74, 6) is -0.176. The van der Waals surface area contributed by atoms with Gasteiger partial charge in [0.05, 0.1) is 3.74 Å². The SMILES string of the molecule is O=C1c2ccccc2C(=O)c2cc(C(Br)Br)ccc21. The van der Waals surface area contributed by atoms with Crippen LogP contribution in [0.2, 0.25) is 0 Å². The minimum Gasteiger partial charge on any atom is -0.289 e. The molecule has 0 unspecified atom stereocenters. The maximum Gasteiger partial charge on any atom is 0.194 e. The molecule has 2 aromatic carbocycles. The van der Waals surface area contributed by atoms with Crippen LogP contribution in [0, 0.1) is 0 Å². The molecule has 4 heteroatoms. The Balaban J connectivity index is 2.24. The predicted molar refractivity (Wildman–Crippen MR) is 80.3 cm³/mol. The highest BCUT2D eigenvalue weighted by atomic mass is 79.9. The van der Waals surface area contributed by atoms with Crippen LogP contribution in [0.4, 0.5) is 0 Å². The molecule has 0 N–H and O–H groups in total. The molecule has 0 fully saturated rings. The topological polar surface area (TPSA) is 34.1 Å². The second-order valence-corrected chi connectivity index (χ2v) is 7.37. The molecule has 0 heterocycles. The summed E-state index contributed by atoms with van der Waals surface area (Å²) in [6.45, 7) is 0. The average Bonchev–Trinajstić information content (AvgIpc) is 2.44. The highest BCUT2D eigenvalue weighted by molar-refractivity contribution is 9.24. The fourth-order valence-electron chi connectivity index (χ4n) is 2.25. The number of benzene rings is 2. The lowest BCUT2D eigenvalue weighted by atomic mass is 9.83. The van der Waals surface area contributed by atoms with E-state index in [1.165, 1.54) is 0 Å². The van der Waals surface area contributed by atoms with Crippen molar-refractivity contribution in [2.24, 2.45) is 0 Å². The van der Waals surface area contributed by atoms with Gasteiger partial charge >= 0.3 is 0 Å². The summed E-state index contributed by atoms with van der Waals surface area (Å²) in [4.78, 5) is 24.8. The van der Waals surface area contributed by atoms with Gasteiger partial charge in [0, 0.05) is 22.3 Å². The second-order valence-electron chi connectivity index (χ2n) is 4.31. The monoisotopic (exact) mass is 378 g/mol. The Morgan fingerprint density at radius 1 is 0.737 bits per heavy atom. The molecule has 19 heavy (non-hydrogen) atoms. The van der Waals surface area contributed by atoms with Crippen LogP contribution in [0.25, 0.3) is 0 Å². The minimum atomic E-state index is -0.0901. The van der Waals surface area contributed by atoms with Crippen molar-refractivity contribution in [3.05, 3.63) is 70.3 Å². The number of alkyl halides is 2. The number of hydrogen-bond acceptors (Lipinski definition) is 2. The van der Waals surface area contributed by atoms with Crippen molar-refractivity contribution in [1.29, 1.82) is 0 Å². The molecule has 0 atom stereocenters. The number of halogens is 2. The first-order chi connectivity index (χ1) is 9.09. The Labute approximate surface area is 127 Å². The molecule has 0 aromatic heterocycles. The molecule has 0 bridgehead atoms. The lowest BCUT2D eigenvalue weighted by Gasteiger charge is -2.18. The molecular formula is C15H8Br2O2. The van der Waals surface area contributed by atoms with Crippen molar-refractivity contribution in [2.75, 3.05) is 0 Å². The maximum atomic E-state index is 12.4. The largest absolute Gasteiger partial charge is 0.289 e. The van der Waals surface area contributed by atoms with Gasteiger partial charge in [0.1, 0.15) is 0 Å². The molecule has 0 spiro atoms. The van der Waals surface area contributed by atoms with Crippen LogP contribution in [0.5, 0.6) is 0 Å². The molecule has 2 nitrogen and oxygen atoms in total. The number of hydrogen-bond donors (Lipinski definition) is 0. The van der Waals surface area contributed by atoms with Crippen molar-refractivity contribution >= 4 is 43.4 Å². The summed E-state index contributed by atoms with van der Waals surface area (Å²) in [6, 6.07) is 12.3. The summed E-state index contributed by atoms with van der Waals surface area (Å²) >= 11 is 6.80. The van der Waals surface area contributed by atoms with E-state index < -0.39 is 0 Å². The van der Waals surface area contributed by atoms with E-state index in [-0.39, 0.29) is 15.3 Å². The van der Waals surface area contributed by atoms with Crippen LogP contribution in [0.3, 0.4) is 0 Å². The van der Waals surface area contributed by atoms with Crippen LogP contribution in [-0.2, 0) is 0 Å². The van der Waals surface area contributed by atoms with Gasteiger partial charge in [0.25, 0.3) is 0 Å². The van der Waals surface area contributed by atoms with E-state index in [0.717, 1.165) is 5.56 Å². The predicted octanol–water partition coefficient (Wildman–Crippen LogP) is 4.25. The van der Waals surface area contributed by atoms with Gasteiger partial charge in [-0.2, -0.15) is 0 Å². The van der Waals surface area contributed by atoms with E-state index in [1.54, 1.807) is 36.4 Å².